The summed E-state index contributed by atoms with van der Waals surface area (Å²) in [5, 5.41) is 0. The van der Waals surface area contributed by atoms with Gasteiger partial charge >= 0.3 is 0 Å². The van der Waals surface area contributed by atoms with E-state index in [2.05, 4.69) is 32.9 Å². The molecular weight excluding hydrogens is 444 g/mol. The van der Waals surface area contributed by atoms with Crippen LogP contribution in [0.5, 0.6) is 5.75 Å². The van der Waals surface area contributed by atoms with E-state index >= 15 is 0 Å². The summed E-state index contributed by atoms with van der Waals surface area (Å²) < 4.78 is 5.24. The Morgan fingerprint density at radius 3 is 2.29 bits per heavy atom. The summed E-state index contributed by atoms with van der Waals surface area (Å²) >= 11 is 0. The SMILES string of the molecule is COc1ccc(N2CCN(C(=O)C3CCN(C(=O)C4CC(c5cccnc5)NN4)CC3)CC2)cc1. The van der Waals surface area contributed by atoms with Gasteiger partial charge in [-0.3, -0.25) is 14.6 Å². The Bertz CT molecular complexity index is 1000. The molecule has 4 heterocycles. The third-order valence-electron chi connectivity index (χ3n) is 7.47. The second kappa shape index (κ2) is 10.6. The molecule has 3 fully saturated rings. The molecule has 1 aromatic heterocycles. The summed E-state index contributed by atoms with van der Waals surface area (Å²) in [4.78, 5) is 36.6. The van der Waals surface area contributed by atoms with Gasteiger partial charge in [-0.15, -0.1) is 0 Å². The van der Waals surface area contributed by atoms with Crippen LogP contribution in [0.4, 0.5) is 5.69 Å². The largest absolute Gasteiger partial charge is 0.497 e. The van der Waals surface area contributed by atoms with Crippen molar-refractivity contribution < 1.29 is 14.3 Å². The van der Waals surface area contributed by atoms with Crippen LogP contribution in [0, 0.1) is 5.92 Å². The molecule has 2 atom stereocenters. The molecule has 35 heavy (non-hydrogen) atoms. The number of nitrogens with one attached hydrogen (secondary N) is 2. The number of ether oxygens (including phenoxy) is 1. The van der Waals surface area contributed by atoms with Crippen molar-refractivity contribution in [3.63, 3.8) is 0 Å². The topological polar surface area (TPSA) is 90.0 Å². The van der Waals surface area contributed by atoms with E-state index in [1.807, 2.05) is 40.3 Å². The van der Waals surface area contributed by atoms with Crippen LogP contribution in [0.2, 0.25) is 0 Å². The summed E-state index contributed by atoms with van der Waals surface area (Å²) in [5.74, 6) is 1.21. The first kappa shape index (κ1) is 23.6. The Morgan fingerprint density at radius 1 is 0.914 bits per heavy atom. The predicted octanol–water partition coefficient (Wildman–Crippen LogP) is 1.59. The molecule has 2 aromatic rings. The smallest absolute Gasteiger partial charge is 0.241 e. The fraction of sp³-hybridized carbons (Fsp3) is 0.500. The number of piperazine rings is 1. The normalized spacial score (nSPS) is 23.4. The molecule has 9 nitrogen and oxygen atoms in total. The fourth-order valence-electron chi connectivity index (χ4n) is 5.32. The van der Waals surface area contributed by atoms with Gasteiger partial charge in [-0.25, -0.2) is 10.9 Å². The van der Waals surface area contributed by atoms with Crippen LogP contribution < -0.4 is 20.5 Å². The van der Waals surface area contributed by atoms with Gasteiger partial charge in [0.1, 0.15) is 11.8 Å². The van der Waals surface area contributed by atoms with E-state index in [1.165, 1.54) is 0 Å². The number of benzene rings is 1. The highest BCUT2D eigenvalue weighted by Gasteiger charge is 2.36. The fourth-order valence-corrected chi connectivity index (χ4v) is 5.32. The zero-order valence-corrected chi connectivity index (χ0v) is 20.2. The van der Waals surface area contributed by atoms with Crippen LogP contribution in [-0.2, 0) is 9.59 Å². The number of rotatable bonds is 5. The number of hydrazine groups is 1. The van der Waals surface area contributed by atoms with Crippen molar-refractivity contribution in [3.05, 3.63) is 54.4 Å². The molecule has 5 rings (SSSR count). The lowest BCUT2D eigenvalue weighted by molar-refractivity contribution is -0.141. The van der Waals surface area contributed by atoms with E-state index in [4.69, 9.17) is 4.74 Å². The number of amides is 2. The molecule has 186 valence electrons. The number of anilines is 1. The maximum Gasteiger partial charge on any atom is 0.241 e. The van der Waals surface area contributed by atoms with Crippen molar-refractivity contribution in [1.82, 2.24) is 25.6 Å². The van der Waals surface area contributed by atoms with Gasteiger partial charge in [0.2, 0.25) is 11.8 Å². The second-order valence-corrected chi connectivity index (χ2v) is 9.53. The van der Waals surface area contributed by atoms with Gasteiger partial charge in [-0.2, -0.15) is 0 Å². The molecule has 1 aromatic carbocycles. The Kier molecular flexibility index (Phi) is 7.15. The highest BCUT2D eigenvalue weighted by molar-refractivity contribution is 5.83. The van der Waals surface area contributed by atoms with E-state index < -0.39 is 0 Å². The lowest BCUT2D eigenvalue weighted by Gasteiger charge is -2.39. The van der Waals surface area contributed by atoms with Crippen molar-refractivity contribution in [3.8, 4) is 5.75 Å². The van der Waals surface area contributed by atoms with E-state index in [1.54, 1.807) is 13.3 Å². The van der Waals surface area contributed by atoms with Crippen LogP contribution in [0.1, 0.15) is 30.9 Å². The molecule has 0 spiro atoms. The van der Waals surface area contributed by atoms with E-state index in [-0.39, 0.29) is 29.8 Å². The molecule has 0 bridgehead atoms. The van der Waals surface area contributed by atoms with Crippen LogP contribution in [-0.4, -0.2) is 79.0 Å². The van der Waals surface area contributed by atoms with Gasteiger partial charge in [0.15, 0.2) is 0 Å². The van der Waals surface area contributed by atoms with Crippen LogP contribution in [0.25, 0.3) is 0 Å². The maximum absolute atomic E-state index is 13.2. The van der Waals surface area contributed by atoms with Gasteiger partial charge in [-0.05, 0) is 55.2 Å². The number of hydrogen-bond donors (Lipinski definition) is 2. The highest BCUT2D eigenvalue weighted by atomic mass is 16.5. The molecule has 2 unspecified atom stereocenters. The summed E-state index contributed by atoms with van der Waals surface area (Å²) in [6.45, 7) is 4.39. The third kappa shape index (κ3) is 5.26. The molecule has 0 saturated carbocycles. The minimum absolute atomic E-state index is 0.00407. The quantitative estimate of drug-likeness (QED) is 0.675. The number of likely N-dealkylation sites (tertiary alicyclic amines) is 1. The molecule has 2 amide bonds. The Hall–Kier alpha value is -3.17. The Balaban J connectivity index is 1.07. The number of hydrogen-bond acceptors (Lipinski definition) is 7. The molecule has 9 heteroatoms. The predicted molar refractivity (Wildman–Crippen MR) is 133 cm³/mol. The third-order valence-corrected chi connectivity index (χ3v) is 7.47. The summed E-state index contributed by atoms with van der Waals surface area (Å²) in [6, 6.07) is 11.8. The molecular formula is C26H34N6O3. The molecule has 2 N–H and O–H groups in total. The van der Waals surface area contributed by atoms with E-state index in [9.17, 15) is 9.59 Å². The first-order valence-corrected chi connectivity index (χ1v) is 12.5. The molecule has 3 aliphatic rings. The van der Waals surface area contributed by atoms with Crippen LogP contribution >= 0.6 is 0 Å². The van der Waals surface area contributed by atoms with Crippen LogP contribution in [0.15, 0.2) is 48.8 Å². The van der Waals surface area contributed by atoms with Gasteiger partial charge in [-0.1, -0.05) is 6.07 Å². The van der Waals surface area contributed by atoms with Gasteiger partial charge in [0.05, 0.1) is 7.11 Å². The lowest BCUT2D eigenvalue weighted by atomic mass is 9.94. The Morgan fingerprint density at radius 2 is 1.63 bits per heavy atom. The number of pyridine rings is 1. The number of methoxy groups -OCH3 is 1. The monoisotopic (exact) mass is 478 g/mol. The zero-order chi connectivity index (χ0) is 24.2. The summed E-state index contributed by atoms with van der Waals surface area (Å²) in [7, 11) is 1.67. The minimum Gasteiger partial charge on any atom is -0.497 e. The van der Waals surface area contributed by atoms with E-state index in [0.29, 0.717) is 19.5 Å². The maximum atomic E-state index is 13.2. The van der Waals surface area contributed by atoms with Crippen molar-refractivity contribution in [2.75, 3.05) is 51.3 Å². The lowest BCUT2D eigenvalue weighted by Crippen LogP contribution is -2.53. The average molecular weight is 479 g/mol. The first-order valence-electron chi connectivity index (χ1n) is 12.5. The number of carbonyl (C=O) groups excluding carboxylic acids is 2. The number of aromatic nitrogens is 1. The van der Waals surface area contributed by atoms with Crippen molar-refractivity contribution >= 4 is 17.5 Å². The second-order valence-electron chi connectivity index (χ2n) is 9.53. The Labute approximate surface area is 206 Å². The van der Waals surface area contributed by atoms with Gasteiger partial charge < -0.3 is 19.4 Å². The zero-order valence-electron chi connectivity index (χ0n) is 20.2. The molecule has 3 saturated heterocycles. The standard InChI is InChI=1S/C26H34N6O3/c1-35-22-6-4-21(5-7-22)30-13-15-32(16-14-30)25(33)19-8-11-31(12-9-19)26(34)24-17-23(28-29-24)20-3-2-10-27-18-20/h2-7,10,18-19,23-24,28-29H,8-9,11-17H2,1H3. The van der Waals surface area contributed by atoms with Gasteiger partial charge in [0.25, 0.3) is 0 Å². The van der Waals surface area contributed by atoms with Gasteiger partial charge in [0, 0.05) is 69.3 Å². The van der Waals surface area contributed by atoms with Crippen LogP contribution in [0.3, 0.4) is 0 Å². The minimum atomic E-state index is -0.251. The van der Waals surface area contributed by atoms with E-state index in [0.717, 1.165) is 56.0 Å². The number of carbonyl (C=O) groups is 2. The number of nitrogens with zero attached hydrogens (tertiary/aromatic N) is 4. The average Bonchev–Trinajstić information content (AvgIpc) is 3.43. The molecule has 3 aliphatic heterocycles. The number of piperidine rings is 1. The molecule has 0 radical (unpaired) electrons. The summed E-state index contributed by atoms with van der Waals surface area (Å²) in [5.41, 5.74) is 8.62. The van der Waals surface area contributed by atoms with Crippen molar-refractivity contribution in [2.45, 2.75) is 31.3 Å². The van der Waals surface area contributed by atoms with Crippen molar-refractivity contribution in [1.29, 1.82) is 0 Å². The molecule has 0 aliphatic carbocycles. The highest BCUT2D eigenvalue weighted by Crippen LogP contribution is 2.26. The van der Waals surface area contributed by atoms with Crippen molar-refractivity contribution in [2.24, 2.45) is 5.92 Å². The first-order chi connectivity index (χ1) is 17.1. The summed E-state index contributed by atoms with van der Waals surface area (Å²) in [6.07, 6.45) is 5.74.